The SMILES string of the molecule is C/C(CC(=O)NC12CC3CC(CC(C3)C1)C2)=N\NC(=O)Cc1ccc([N+](=O)[O-])cc1[N+](=O)[O-]. The van der Waals surface area contributed by atoms with E-state index in [2.05, 4.69) is 15.8 Å². The van der Waals surface area contributed by atoms with Crippen LogP contribution in [0.3, 0.4) is 0 Å². The van der Waals surface area contributed by atoms with Crippen LogP contribution in [0.1, 0.15) is 57.4 Å². The average molecular weight is 457 g/mol. The van der Waals surface area contributed by atoms with Crippen LogP contribution in [-0.2, 0) is 16.0 Å². The summed E-state index contributed by atoms with van der Waals surface area (Å²) in [6, 6.07) is 3.12. The van der Waals surface area contributed by atoms with Crippen LogP contribution in [-0.4, -0.2) is 32.9 Å². The van der Waals surface area contributed by atoms with Crippen molar-refractivity contribution in [2.24, 2.45) is 22.9 Å². The Hall–Kier alpha value is -3.37. The van der Waals surface area contributed by atoms with E-state index >= 15 is 0 Å². The second-order valence-electron chi connectivity index (χ2n) is 9.81. The molecule has 4 aliphatic carbocycles. The van der Waals surface area contributed by atoms with Gasteiger partial charge in [-0.05, 0) is 69.3 Å². The van der Waals surface area contributed by atoms with Gasteiger partial charge in [0.1, 0.15) is 0 Å². The number of nitrogens with zero attached hydrogens (tertiary/aromatic N) is 3. The van der Waals surface area contributed by atoms with Gasteiger partial charge in [-0.1, -0.05) is 0 Å². The zero-order valence-corrected chi connectivity index (χ0v) is 18.4. The lowest BCUT2D eigenvalue weighted by Crippen LogP contribution is -2.60. The zero-order chi connectivity index (χ0) is 23.8. The summed E-state index contributed by atoms with van der Waals surface area (Å²) in [4.78, 5) is 45.4. The zero-order valence-electron chi connectivity index (χ0n) is 18.4. The average Bonchev–Trinajstić information content (AvgIpc) is 2.70. The number of nitrogens with one attached hydrogen (secondary N) is 2. The van der Waals surface area contributed by atoms with E-state index in [1.807, 2.05) is 0 Å². The molecule has 33 heavy (non-hydrogen) atoms. The Morgan fingerprint density at radius 2 is 1.64 bits per heavy atom. The molecule has 4 aliphatic rings. The molecule has 4 saturated carbocycles. The van der Waals surface area contributed by atoms with Crippen molar-refractivity contribution in [3.8, 4) is 0 Å². The minimum atomic E-state index is -0.765. The molecule has 11 heteroatoms. The molecule has 1 aromatic rings. The van der Waals surface area contributed by atoms with Gasteiger partial charge in [0.2, 0.25) is 11.8 Å². The summed E-state index contributed by atoms with van der Waals surface area (Å²) < 4.78 is 0. The molecule has 0 aliphatic heterocycles. The third-order valence-corrected chi connectivity index (χ3v) is 7.06. The smallest absolute Gasteiger partial charge is 0.279 e. The number of hydrogen-bond acceptors (Lipinski definition) is 7. The molecule has 2 amide bonds. The lowest BCUT2D eigenvalue weighted by Gasteiger charge is -2.56. The molecule has 176 valence electrons. The largest absolute Gasteiger partial charge is 0.350 e. The van der Waals surface area contributed by atoms with Crippen molar-refractivity contribution in [2.75, 3.05) is 0 Å². The molecule has 4 bridgehead atoms. The first-order valence-corrected chi connectivity index (χ1v) is 11.2. The van der Waals surface area contributed by atoms with Gasteiger partial charge in [0, 0.05) is 22.9 Å². The second-order valence-corrected chi connectivity index (χ2v) is 9.81. The van der Waals surface area contributed by atoms with Crippen molar-refractivity contribution in [3.05, 3.63) is 44.0 Å². The Balaban J connectivity index is 1.31. The van der Waals surface area contributed by atoms with Crippen LogP contribution in [0.2, 0.25) is 0 Å². The Morgan fingerprint density at radius 3 is 2.18 bits per heavy atom. The van der Waals surface area contributed by atoms with Gasteiger partial charge in [-0.3, -0.25) is 29.8 Å². The molecule has 0 unspecified atom stereocenters. The molecule has 0 atom stereocenters. The number of nitro benzene ring substituents is 2. The van der Waals surface area contributed by atoms with Crippen LogP contribution in [0.25, 0.3) is 0 Å². The van der Waals surface area contributed by atoms with E-state index in [0.29, 0.717) is 23.5 Å². The minimum Gasteiger partial charge on any atom is -0.350 e. The summed E-state index contributed by atoms with van der Waals surface area (Å²) in [5.41, 5.74) is 1.75. The molecular formula is C22H27N5O6. The third-order valence-electron chi connectivity index (χ3n) is 7.06. The first kappa shape index (κ1) is 22.8. The molecule has 0 spiro atoms. The van der Waals surface area contributed by atoms with Crippen LogP contribution in [0.4, 0.5) is 11.4 Å². The van der Waals surface area contributed by atoms with Crippen molar-refractivity contribution in [1.82, 2.24) is 10.7 Å². The van der Waals surface area contributed by atoms with Crippen molar-refractivity contribution in [3.63, 3.8) is 0 Å². The van der Waals surface area contributed by atoms with E-state index in [1.165, 1.54) is 25.3 Å². The van der Waals surface area contributed by atoms with Crippen molar-refractivity contribution in [2.45, 2.75) is 63.8 Å². The fourth-order valence-corrected chi connectivity index (χ4v) is 6.23. The van der Waals surface area contributed by atoms with Crippen LogP contribution in [0.5, 0.6) is 0 Å². The van der Waals surface area contributed by atoms with E-state index < -0.39 is 27.1 Å². The number of carbonyl (C=O) groups is 2. The molecule has 0 saturated heterocycles. The molecule has 5 rings (SSSR count). The normalized spacial score (nSPS) is 27.8. The lowest BCUT2D eigenvalue weighted by molar-refractivity contribution is -0.394. The van der Waals surface area contributed by atoms with E-state index in [1.54, 1.807) is 6.92 Å². The highest BCUT2D eigenvalue weighted by molar-refractivity contribution is 6.00. The molecule has 2 N–H and O–H groups in total. The summed E-state index contributed by atoms with van der Waals surface area (Å²) in [5.74, 6) is 1.42. The van der Waals surface area contributed by atoms with Crippen molar-refractivity contribution in [1.29, 1.82) is 0 Å². The van der Waals surface area contributed by atoms with E-state index in [0.717, 1.165) is 31.4 Å². The number of hydrogen-bond donors (Lipinski definition) is 2. The molecule has 0 heterocycles. The van der Waals surface area contributed by atoms with E-state index in [4.69, 9.17) is 0 Å². The quantitative estimate of drug-likeness (QED) is 0.347. The van der Waals surface area contributed by atoms with Gasteiger partial charge < -0.3 is 5.32 Å². The van der Waals surface area contributed by atoms with Crippen molar-refractivity contribution >= 4 is 28.9 Å². The van der Waals surface area contributed by atoms with Gasteiger partial charge in [0.05, 0.1) is 28.8 Å². The Kier molecular flexibility index (Phi) is 6.13. The fraction of sp³-hybridized carbons (Fsp3) is 0.591. The van der Waals surface area contributed by atoms with Crippen LogP contribution >= 0.6 is 0 Å². The third kappa shape index (κ3) is 5.18. The van der Waals surface area contributed by atoms with Gasteiger partial charge in [-0.15, -0.1) is 0 Å². The summed E-state index contributed by atoms with van der Waals surface area (Å²) in [6.07, 6.45) is 6.69. The summed E-state index contributed by atoms with van der Waals surface area (Å²) in [5, 5.41) is 29.2. The minimum absolute atomic E-state index is 0.0375. The molecule has 0 aromatic heterocycles. The van der Waals surface area contributed by atoms with Crippen molar-refractivity contribution < 1.29 is 19.4 Å². The molecule has 4 fully saturated rings. The second kappa shape index (κ2) is 8.87. The topological polar surface area (TPSA) is 157 Å². The standard InChI is InChI=1S/C22H27N5O6/c1-13(4-20(28)23-22-10-14-5-15(11-22)7-16(6-14)12-22)24-25-21(29)8-17-2-3-18(26(30)31)9-19(17)27(32)33/h2-3,9,14-16H,4-8,10-12H2,1H3,(H,23,28)(H,25,29)/b24-13+. The maximum Gasteiger partial charge on any atom is 0.279 e. The summed E-state index contributed by atoms with van der Waals surface area (Å²) in [6.45, 7) is 1.63. The Labute approximate surface area is 190 Å². The first-order chi connectivity index (χ1) is 15.6. The highest BCUT2D eigenvalue weighted by atomic mass is 16.6. The highest BCUT2D eigenvalue weighted by Gasteiger charge is 2.51. The van der Waals surface area contributed by atoms with Crippen LogP contribution < -0.4 is 10.7 Å². The number of rotatable bonds is 8. The first-order valence-electron chi connectivity index (χ1n) is 11.2. The number of carbonyl (C=O) groups excluding carboxylic acids is 2. The molecule has 1 aromatic carbocycles. The van der Waals surface area contributed by atoms with Gasteiger partial charge in [-0.2, -0.15) is 5.10 Å². The van der Waals surface area contributed by atoms with E-state index in [-0.39, 0.29) is 29.9 Å². The highest BCUT2D eigenvalue weighted by Crippen LogP contribution is 2.55. The predicted octanol–water partition coefficient (Wildman–Crippen LogP) is 3.01. The number of benzene rings is 1. The molecule has 11 nitrogen and oxygen atoms in total. The van der Waals surface area contributed by atoms with Gasteiger partial charge in [0.15, 0.2) is 0 Å². The summed E-state index contributed by atoms with van der Waals surface area (Å²) in [7, 11) is 0. The van der Waals surface area contributed by atoms with E-state index in [9.17, 15) is 29.8 Å². The van der Waals surface area contributed by atoms with Gasteiger partial charge >= 0.3 is 0 Å². The molecule has 0 radical (unpaired) electrons. The summed E-state index contributed by atoms with van der Waals surface area (Å²) >= 11 is 0. The number of non-ortho nitro benzene ring substituents is 1. The lowest BCUT2D eigenvalue weighted by atomic mass is 9.53. The number of nitro groups is 2. The molecular weight excluding hydrogens is 430 g/mol. The Morgan fingerprint density at radius 1 is 1.03 bits per heavy atom. The maximum atomic E-state index is 12.6. The fourth-order valence-electron chi connectivity index (χ4n) is 6.23. The number of amides is 2. The van der Waals surface area contributed by atoms with Crippen LogP contribution in [0, 0.1) is 38.0 Å². The van der Waals surface area contributed by atoms with Gasteiger partial charge in [0.25, 0.3) is 11.4 Å². The van der Waals surface area contributed by atoms with Gasteiger partial charge in [-0.25, -0.2) is 5.43 Å². The van der Waals surface area contributed by atoms with Crippen LogP contribution in [0.15, 0.2) is 23.3 Å². The Bertz CT molecular complexity index is 1000. The number of hydrazone groups is 1. The monoisotopic (exact) mass is 457 g/mol. The predicted molar refractivity (Wildman–Crippen MR) is 118 cm³/mol. The maximum absolute atomic E-state index is 12.6.